The number of nitrogens with zero attached hydrogens (tertiary/aromatic N) is 3. The Labute approximate surface area is 195 Å². The zero-order valence-corrected chi connectivity index (χ0v) is 19.0. The predicted molar refractivity (Wildman–Crippen MR) is 129 cm³/mol. The first-order valence-corrected chi connectivity index (χ1v) is 11.5. The second kappa shape index (κ2) is 11.2. The summed E-state index contributed by atoms with van der Waals surface area (Å²) in [5.74, 6) is 7.75. The highest BCUT2D eigenvalue weighted by molar-refractivity contribution is 5.83. The molecule has 172 valence electrons. The van der Waals surface area contributed by atoms with Crippen LogP contribution in [0, 0.1) is 23.7 Å². The molecule has 2 aromatic heterocycles. The molecular weight excluding hydrogens is 414 g/mol. The first-order chi connectivity index (χ1) is 16.2. The van der Waals surface area contributed by atoms with Crippen molar-refractivity contribution in [3.8, 4) is 17.6 Å². The van der Waals surface area contributed by atoms with Gasteiger partial charge in [-0.1, -0.05) is 11.8 Å². The molecule has 1 fully saturated rings. The lowest BCUT2D eigenvalue weighted by Gasteiger charge is -2.37. The van der Waals surface area contributed by atoms with Gasteiger partial charge in [-0.05, 0) is 79.6 Å². The zero-order valence-electron chi connectivity index (χ0n) is 19.0. The summed E-state index contributed by atoms with van der Waals surface area (Å²) in [7, 11) is 1.64. The van der Waals surface area contributed by atoms with Crippen LogP contribution in [0.2, 0.25) is 0 Å². The van der Waals surface area contributed by atoms with Crippen molar-refractivity contribution in [3.63, 3.8) is 0 Å². The topological polar surface area (TPSA) is 78.7 Å². The van der Waals surface area contributed by atoms with E-state index in [9.17, 15) is 10.2 Å². The van der Waals surface area contributed by atoms with E-state index in [1.165, 1.54) is 0 Å². The van der Waals surface area contributed by atoms with Crippen molar-refractivity contribution in [2.75, 3.05) is 33.4 Å². The SMILES string of the molecule is COc1ccc2nccc([C@@H](O)CC[C@@H]3CCN(CC#Cc4ccncc4)C[C@@H]3CO)c2c1. The molecule has 0 amide bonds. The van der Waals surface area contributed by atoms with E-state index in [1.807, 2.05) is 36.4 Å². The molecule has 3 aromatic rings. The number of rotatable bonds is 7. The molecule has 3 heterocycles. The summed E-state index contributed by atoms with van der Waals surface area (Å²) in [6.07, 6.45) is 7.19. The number of pyridine rings is 2. The maximum absolute atomic E-state index is 11.0. The van der Waals surface area contributed by atoms with Gasteiger partial charge in [0.1, 0.15) is 5.75 Å². The molecular formula is C27H31N3O3. The second-order valence-corrected chi connectivity index (χ2v) is 8.64. The van der Waals surface area contributed by atoms with Gasteiger partial charge in [0.25, 0.3) is 0 Å². The lowest BCUT2D eigenvalue weighted by molar-refractivity contribution is 0.0640. The van der Waals surface area contributed by atoms with Crippen LogP contribution in [0.15, 0.2) is 55.0 Å². The largest absolute Gasteiger partial charge is 0.497 e. The van der Waals surface area contributed by atoms with Crippen LogP contribution in [0.1, 0.15) is 36.5 Å². The number of piperidine rings is 1. The average Bonchev–Trinajstić information content (AvgIpc) is 2.87. The Balaban J connectivity index is 1.34. The van der Waals surface area contributed by atoms with Crippen molar-refractivity contribution < 1.29 is 14.9 Å². The van der Waals surface area contributed by atoms with E-state index in [-0.39, 0.29) is 12.5 Å². The van der Waals surface area contributed by atoms with Gasteiger partial charge in [0.15, 0.2) is 0 Å². The summed E-state index contributed by atoms with van der Waals surface area (Å²) in [4.78, 5) is 10.7. The Kier molecular flexibility index (Phi) is 7.90. The van der Waals surface area contributed by atoms with Gasteiger partial charge < -0.3 is 14.9 Å². The first kappa shape index (κ1) is 23.2. The summed E-state index contributed by atoms with van der Waals surface area (Å²) in [5.41, 5.74) is 2.69. The number of hydrogen-bond donors (Lipinski definition) is 2. The number of ether oxygens (including phenoxy) is 1. The number of benzene rings is 1. The van der Waals surface area contributed by atoms with Gasteiger partial charge in [-0.3, -0.25) is 14.9 Å². The predicted octanol–water partition coefficient (Wildman–Crippen LogP) is 3.43. The summed E-state index contributed by atoms with van der Waals surface area (Å²) < 4.78 is 5.35. The fourth-order valence-corrected chi connectivity index (χ4v) is 4.67. The number of fused-ring (bicyclic) bond motifs is 1. The van der Waals surface area contributed by atoms with Crippen LogP contribution in [0.4, 0.5) is 0 Å². The van der Waals surface area contributed by atoms with Crippen molar-refractivity contribution >= 4 is 10.9 Å². The third kappa shape index (κ3) is 5.88. The van der Waals surface area contributed by atoms with Crippen LogP contribution in [0.25, 0.3) is 10.9 Å². The third-order valence-corrected chi connectivity index (χ3v) is 6.58. The number of likely N-dealkylation sites (tertiary alicyclic amines) is 1. The quantitative estimate of drug-likeness (QED) is 0.543. The molecule has 4 rings (SSSR count). The molecule has 1 aliphatic rings. The van der Waals surface area contributed by atoms with Gasteiger partial charge in [-0.15, -0.1) is 0 Å². The van der Waals surface area contributed by atoms with E-state index >= 15 is 0 Å². The van der Waals surface area contributed by atoms with Gasteiger partial charge in [0.2, 0.25) is 0 Å². The van der Waals surface area contributed by atoms with Gasteiger partial charge in [-0.25, -0.2) is 0 Å². The molecule has 6 nitrogen and oxygen atoms in total. The van der Waals surface area contributed by atoms with E-state index in [0.29, 0.717) is 18.9 Å². The van der Waals surface area contributed by atoms with Crippen LogP contribution >= 0.6 is 0 Å². The monoisotopic (exact) mass is 445 g/mol. The minimum absolute atomic E-state index is 0.157. The number of methoxy groups -OCH3 is 1. The normalized spacial score (nSPS) is 19.6. The van der Waals surface area contributed by atoms with Gasteiger partial charge in [0.05, 0.1) is 25.3 Å². The molecule has 0 aliphatic carbocycles. The fourth-order valence-electron chi connectivity index (χ4n) is 4.67. The number of aliphatic hydroxyl groups is 2. The van der Waals surface area contributed by atoms with Crippen LogP contribution < -0.4 is 4.74 Å². The van der Waals surface area contributed by atoms with Crippen LogP contribution in [0.5, 0.6) is 5.75 Å². The van der Waals surface area contributed by atoms with E-state index < -0.39 is 6.10 Å². The highest BCUT2D eigenvalue weighted by Crippen LogP contribution is 2.33. The molecule has 0 radical (unpaired) electrons. The Morgan fingerprint density at radius 3 is 2.79 bits per heavy atom. The molecule has 0 saturated carbocycles. The van der Waals surface area contributed by atoms with Gasteiger partial charge in [0, 0.05) is 42.7 Å². The summed E-state index contributed by atoms with van der Waals surface area (Å²) in [5, 5.41) is 21.9. The smallest absolute Gasteiger partial charge is 0.119 e. The van der Waals surface area contributed by atoms with Crippen molar-refractivity contribution in [2.24, 2.45) is 11.8 Å². The third-order valence-electron chi connectivity index (χ3n) is 6.58. The lowest BCUT2D eigenvalue weighted by atomic mass is 9.81. The molecule has 0 unspecified atom stereocenters. The van der Waals surface area contributed by atoms with Gasteiger partial charge in [-0.2, -0.15) is 0 Å². The standard InChI is InChI=1S/C27H31N3O3/c1-33-23-5-6-26-25(17-23)24(10-14-29-26)27(32)7-4-21-11-16-30(18-22(21)19-31)15-2-3-20-8-12-28-13-9-20/h5-6,8-10,12-14,17,21-22,27,31-32H,4,7,11,15-16,18-19H2,1H3/t21-,22-,27+/m1/s1. The molecule has 0 bridgehead atoms. The maximum Gasteiger partial charge on any atom is 0.119 e. The number of aliphatic hydroxyl groups excluding tert-OH is 2. The van der Waals surface area contributed by atoms with E-state index in [2.05, 4.69) is 26.7 Å². The van der Waals surface area contributed by atoms with E-state index in [1.54, 1.807) is 25.7 Å². The Hall–Kier alpha value is -2.98. The number of hydrogen-bond acceptors (Lipinski definition) is 6. The molecule has 2 N–H and O–H groups in total. The Bertz CT molecular complexity index is 1110. The van der Waals surface area contributed by atoms with E-state index in [0.717, 1.165) is 53.7 Å². The highest BCUT2D eigenvalue weighted by atomic mass is 16.5. The van der Waals surface area contributed by atoms with Crippen LogP contribution in [-0.2, 0) is 0 Å². The summed E-state index contributed by atoms with van der Waals surface area (Å²) >= 11 is 0. The first-order valence-electron chi connectivity index (χ1n) is 11.5. The van der Waals surface area contributed by atoms with Crippen molar-refractivity contribution in [1.82, 2.24) is 14.9 Å². The molecule has 1 aliphatic heterocycles. The minimum atomic E-state index is -0.578. The van der Waals surface area contributed by atoms with Crippen LogP contribution in [-0.4, -0.2) is 58.4 Å². The molecule has 1 aromatic carbocycles. The molecule has 3 atom stereocenters. The number of aromatic nitrogens is 2. The molecule has 33 heavy (non-hydrogen) atoms. The Morgan fingerprint density at radius 1 is 1.15 bits per heavy atom. The van der Waals surface area contributed by atoms with Crippen molar-refractivity contribution in [3.05, 3.63) is 66.1 Å². The average molecular weight is 446 g/mol. The summed E-state index contributed by atoms with van der Waals surface area (Å²) in [6.45, 7) is 2.64. The van der Waals surface area contributed by atoms with Crippen LogP contribution in [0.3, 0.4) is 0 Å². The molecule has 1 saturated heterocycles. The zero-order chi connectivity index (χ0) is 23.0. The molecule has 0 spiro atoms. The van der Waals surface area contributed by atoms with Crippen molar-refractivity contribution in [2.45, 2.75) is 25.4 Å². The second-order valence-electron chi connectivity index (χ2n) is 8.64. The minimum Gasteiger partial charge on any atom is -0.497 e. The highest BCUT2D eigenvalue weighted by Gasteiger charge is 2.29. The Morgan fingerprint density at radius 2 is 2.00 bits per heavy atom. The van der Waals surface area contributed by atoms with Gasteiger partial charge >= 0.3 is 0 Å². The summed E-state index contributed by atoms with van der Waals surface area (Å²) in [6, 6.07) is 11.4. The van der Waals surface area contributed by atoms with Crippen molar-refractivity contribution in [1.29, 1.82) is 0 Å². The maximum atomic E-state index is 11.0. The fraction of sp³-hybridized carbons (Fsp3) is 0.407. The lowest BCUT2D eigenvalue weighted by Crippen LogP contribution is -2.42. The molecule has 6 heteroatoms. The van der Waals surface area contributed by atoms with E-state index in [4.69, 9.17) is 4.74 Å².